The van der Waals surface area contributed by atoms with Crippen LogP contribution < -0.4 is 5.32 Å². The van der Waals surface area contributed by atoms with Gasteiger partial charge in [0.15, 0.2) is 0 Å². The number of nitrogens with zero attached hydrogens (tertiary/aromatic N) is 1. The average Bonchev–Trinajstić information content (AvgIpc) is 2.85. The van der Waals surface area contributed by atoms with Crippen molar-refractivity contribution in [1.82, 2.24) is 0 Å². The van der Waals surface area contributed by atoms with E-state index in [0.717, 1.165) is 11.3 Å². The summed E-state index contributed by atoms with van der Waals surface area (Å²) in [5.74, 6) is -0.124. The number of aliphatic imine (C=N–C) groups is 1. The van der Waals surface area contributed by atoms with Crippen LogP contribution >= 0.6 is 11.8 Å². The fourth-order valence-corrected chi connectivity index (χ4v) is 2.46. The minimum absolute atomic E-state index is 0.124. The summed E-state index contributed by atoms with van der Waals surface area (Å²) in [4.78, 5) is 16.2. The number of carbonyl (C=O) groups excluding carboxylic acids is 1. The number of amides is 1. The van der Waals surface area contributed by atoms with Gasteiger partial charge in [-0.25, -0.2) is 4.99 Å². The van der Waals surface area contributed by atoms with Crippen LogP contribution in [0.4, 0.5) is 5.69 Å². The van der Waals surface area contributed by atoms with Crippen molar-refractivity contribution in [3.63, 3.8) is 0 Å². The molecule has 0 fully saturated rings. The van der Waals surface area contributed by atoms with Crippen molar-refractivity contribution in [1.29, 1.82) is 0 Å². The lowest BCUT2D eigenvalue weighted by atomic mass is 9.96. The third kappa shape index (κ3) is 1.12. The number of ether oxygens (including phenoxy) is 1. The van der Waals surface area contributed by atoms with Gasteiger partial charge in [0.1, 0.15) is 0 Å². The van der Waals surface area contributed by atoms with Gasteiger partial charge in [0, 0.05) is 11.3 Å². The van der Waals surface area contributed by atoms with Gasteiger partial charge in [-0.3, -0.25) is 4.79 Å². The maximum absolute atomic E-state index is 12.0. The smallest absolute Gasteiger partial charge is 0.275 e. The highest BCUT2D eigenvalue weighted by Crippen LogP contribution is 2.42. The van der Waals surface area contributed by atoms with Gasteiger partial charge in [0.25, 0.3) is 5.91 Å². The first-order chi connectivity index (χ1) is 7.76. The van der Waals surface area contributed by atoms with E-state index in [-0.39, 0.29) is 5.91 Å². The number of thioether (sulfide) groups is 1. The second-order valence-corrected chi connectivity index (χ2v) is 4.47. The predicted molar refractivity (Wildman–Crippen MR) is 63.7 cm³/mol. The van der Waals surface area contributed by atoms with Gasteiger partial charge in [-0.15, -0.1) is 0 Å². The molecule has 1 aromatic carbocycles. The summed E-state index contributed by atoms with van der Waals surface area (Å²) < 4.78 is 5.70. The van der Waals surface area contributed by atoms with E-state index < -0.39 is 5.60 Å². The molecule has 1 atom stereocenters. The number of anilines is 1. The van der Waals surface area contributed by atoms with Gasteiger partial charge in [-0.05, 0) is 12.3 Å². The maximum Gasteiger partial charge on any atom is 0.275 e. The summed E-state index contributed by atoms with van der Waals surface area (Å²) in [5, 5.41) is 3.40. The summed E-state index contributed by atoms with van der Waals surface area (Å²) in [5.41, 5.74) is 0.785. The number of nitrogens with one attached hydrogen (secondary N) is 1. The lowest BCUT2D eigenvalue weighted by molar-refractivity contribution is -0.129. The molecule has 1 N–H and O–H groups in total. The Kier molecular flexibility index (Phi) is 1.97. The fraction of sp³-hybridized carbons (Fsp3) is 0.273. The molecule has 1 unspecified atom stereocenters. The van der Waals surface area contributed by atoms with Crippen molar-refractivity contribution < 1.29 is 9.53 Å². The molecular formula is C11H10N2O2S. The molecule has 0 aliphatic carbocycles. The number of benzene rings is 1. The van der Waals surface area contributed by atoms with E-state index in [1.807, 2.05) is 30.5 Å². The molecule has 82 valence electrons. The molecule has 2 aliphatic rings. The molecule has 16 heavy (non-hydrogen) atoms. The molecule has 4 nitrogen and oxygen atoms in total. The summed E-state index contributed by atoms with van der Waals surface area (Å²) in [6, 6.07) is 7.58. The number of hydrogen-bond donors (Lipinski definition) is 1. The van der Waals surface area contributed by atoms with Gasteiger partial charge in [-0.2, -0.15) is 0 Å². The van der Waals surface area contributed by atoms with E-state index in [1.54, 1.807) is 0 Å². The molecule has 0 radical (unpaired) electrons. The van der Waals surface area contributed by atoms with Crippen LogP contribution in [0.5, 0.6) is 0 Å². The summed E-state index contributed by atoms with van der Waals surface area (Å²) in [6.07, 6.45) is 1.89. The molecule has 1 amide bonds. The zero-order valence-electron chi connectivity index (χ0n) is 8.69. The fourth-order valence-electron chi connectivity index (χ4n) is 2.04. The highest BCUT2D eigenvalue weighted by molar-refractivity contribution is 8.12. The van der Waals surface area contributed by atoms with Crippen molar-refractivity contribution in [2.24, 2.45) is 4.99 Å². The van der Waals surface area contributed by atoms with Crippen molar-refractivity contribution in [2.75, 3.05) is 18.1 Å². The average molecular weight is 234 g/mol. The minimum atomic E-state index is -0.922. The van der Waals surface area contributed by atoms with Crippen LogP contribution in [0.25, 0.3) is 0 Å². The summed E-state index contributed by atoms with van der Waals surface area (Å²) in [6.45, 7) is 0.367. The SMILES string of the molecule is CSC1=NCC2(O1)C(=O)Nc1ccccc12. The Labute approximate surface area is 97.1 Å². The van der Waals surface area contributed by atoms with Crippen molar-refractivity contribution >= 4 is 28.6 Å². The zero-order valence-corrected chi connectivity index (χ0v) is 9.50. The van der Waals surface area contributed by atoms with Gasteiger partial charge in [-0.1, -0.05) is 30.0 Å². The molecule has 1 aromatic rings. The van der Waals surface area contributed by atoms with Crippen LogP contribution in [0.3, 0.4) is 0 Å². The third-order valence-corrected chi connectivity index (χ3v) is 3.41. The Bertz CT molecular complexity index is 501. The largest absolute Gasteiger partial charge is 0.449 e. The Morgan fingerprint density at radius 2 is 2.31 bits per heavy atom. The topological polar surface area (TPSA) is 50.7 Å². The Hall–Kier alpha value is -1.49. The van der Waals surface area contributed by atoms with Crippen molar-refractivity contribution in [3.8, 4) is 0 Å². The Morgan fingerprint density at radius 3 is 3.06 bits per heavy atom. The van der Waals surface area contributed by atoms with E-state index in [0.29, 0.717) is 11.8 Å². The minimum Gasteiger partial charge on any atom is -0.449 e. The predicted octanol–water partition coefficient (Wildman–Crippen LogP) is 1.58. The van der Waals surface area contributed by atoms with Crippen LogP contribution in [0.15, 0.2) is 29.3 Å². The molecule has 5 heteroatoms. The molecular weight excluding hydrogens is 224 g/mol. The monoisotopic (exact) mass is 234 g/mol. The number of fused-ring (bicyclic) bond motifs is 2. The normalized spacial score (nSPS) is 26.3. The van der Waals surface area contributed by atoms with Crippen molar-refractivity contribution in [3.05, 3.63) is 29.8 Å². The second-order valence-electron chi connectivity index (χ2n) is 3.72. The first-order valence-electron chi connectivity index (χ1n) is 4.95. The van der Waals surface area contributed by atoms with Crippen LogP contribution in [-0.4, -0.2) is 23.9 Å². The maximum atomic E-state index is 12.0. The Morgan fingerprint density at radius 1 is 1.50 bits per heavy atom. The molecule has 2 heterocycles. The van der Waals surface area contributed by atoms with Crippen LogP contribution in [-0.2, 0) is 15.1 Å². The molecule has 0 aromatic heterocycles. The molecule has 2 aliphatic heterocycles. The summed E-state index contributed by atoms with van der Waals surface area (Å²) >= 11 is 1.42. The van der Waals surface area contributed by atoms with Gasteiger partial charge >= 0.3 is 0 Å². The molecule has 3 rings (SSSR count). The van der Waals surface area contributed by atoms with Gasteiger partial charge in [0.05, 0.1) is 6.54 Å². The van der Waals surface area contributed by atoms with Gasteiger partial charge < -0.3 is 10.1 Å². The van der Waals surface area contributed by atoms with E-state index >= 15 is 0 Å². The standard InChI is InChI=1S/C11H10N2O2S/c1-16-10-12-6-11(15-10)7-4-2-3-5-8(7)13-9(11)14/h2-5H,6H2,1H3,(H,13,14). The zero-order chi connectivity index (χ0) is 11.2. The van der Waals surface area contributed by atoms with Crippen LogP contribution in [0.2, 0.25) is 0 Å². The molecule has 0 saturated heterocycles. The molecule has 0 saturated carbocycles. The van der Waals surface area contributed by atoms with Crippen LogP contribution in [0.1, 0.15) is 5.56 Å². The highest BCUT2D eigenvalue weighted by Gasteiger charge is 2.52. The highest BCUT2D eigenvalue weighted by atomic mass is 32.2. The molecule has 0 bridgehead atoms. The molecule has 1 spiro atoms. The van der Waals surface area contributed by atoms with E-state index in [1.165, 1.54) is 11.8 Å². The van der Waals surface area contributed by atoms with Crippen LogP contribution in [0, 0.1) is 0 Å². The first-order valence-corrected chi connectivity index (χ1v) is 6.17. The Balaban J connectivity index is 2.07. The van der Waals surface area contributed by atoms with E-state index in [4.69, 9.17) is 4.74 Å². The number of hydrogen-bond acceptors (Lipinski definition) is 4. The first kappa shape index (κ1) is 9.72. The van der Waals surface area contributed by atoms with E-state index in [9.17, 15) is 4.79 Å². The lowest BCUT2D eigenvalue weighted by Gasteiger charge is -2.20. The second kappa shape index (κ2) is 3.25. The summed E-state index contributed by atoms with van der Waals surface area (Å²) in [7, 11) is 0. The number of rotatable bonds is 0. The van der Waals surface area contributed by atoms with Crippen molar-refractivity contribution in [2.45, 2.75) is 5.60 Å². The van der Waals surface area contributed by atoms with E-state index in [2.05, 4.69) is 10.3 Å². The quantitative estimate of drug-likeness (QED) is 0.741. The van der Waals surface area contributed by atoms with Gasteiger partial charge in [0.2, 0.25) is 10.8 Å². The number of carbonyl (C=O) groups is 1. The number of para-hydroxylation sites is 1. The third-order valence-electron chi connectivity index (χ3n) is 2.84. The lowest BCUT2D eigenvalue weighted by Crippen LogP contribution is -2.37.